The van der Waals surface area contributed by atoms with E-state index in [1.807, 2.05) is 17.0 Å². The van der Waals surface area contributed by atoms with Crippen molar-refractivity contribution in [2.45, 2.75) is 105 Å². The van der Waals surface area contributed by atoms with Crippen LogP contribution in [0, 0.1) is 23.2 Å². The lowest BCUT2D eigenvalue weighted by atomic mass is 9.75. The number of esters is 1. The van der Waals surface area contributed by atoms with Crippen LogP contribution in [-0.4, -0.2) is 41.9 Å². The lowest BCUT2D eigenvalue weighted by Gasteiger charge is -2.47. The van der Waals surface area contributed by atoms with E-state index in [2.05, 4.69) is 48.5 Å². The second kappa shape index (κ2) is 14.5. The van der Waals surface area contributed by atoms with E-state index in [0.717, 1.165) is 50.5 Å². The van der Waals surface area contributed by atoms with Gasteiger partial charge in [0.1, 0.15) is 17.1 Å². The lowest BCUT2D eigenvalue weighted by Crippen LogP contribution is -2.52. The van der Waals surface area contributed by atoms with Crippen LogP contribution in [0.15, 0.2) is 41.4 Å². The molecule has 2 aromatic carbocycles. The normalized spacial score (nSPS) is 22.6. The van der Waals surface area contributed by atoms with E-state index >= 15 is 0 Å². The van der Waals surface area contributed by atoms with E-state index in [4.69, 9.17) is 37.7 Å². The molecule has 1 spiro atoms. The fourth-order valence-electron chi connectivity index (χ4n) is 7.03. The Morgan fingerprint density at radius 2 is 1.69 bits per heavy atom. The molecule has 4 rings (SSSR count). The van der Waals surface area contributed by atoms with Crippen molar-refractivity contribution in [1.82, 2.24) is 4.90 Å². The monoisotopic (exact) mass is 656 g/mol. The molecule has 1 aliphatic heterocycles. The number of hydrogen-bond donors (Lipinski definition) is 0. The van der Waals surface area contributed by atoms with Crippen molar-refractivity contribution in [1.29, 1.82) is 0 Å². The zero-order chi connectivity index (χ0) is 33.1. The number of amides is 1. The molecule has 1 saturated carbocycles. The van der Waals surface area contributed by atoms with Crippen molar-refractivity contribution in [3.05, 3.63) is 63.1 Å². The molecule has 2 aliphatic rings. The molecule has 6 nitrogen and oxygen atoms in total. The fourth-order valence-corrected chi connectivity index (χ4v) is 7.56. The molecular weight excluding hydrogens is 607 g/mol. The van der Waals surface area contributed by atoms with E-state index in [-0.39, 0.29) is 23.3 Å². The van der Waals surface area contributed by atoms with Crippen molar-refractivity contribution < 1.29 is 19.1 Å². The Labute approximate surface area is 279 Å². The Hall–Kier alpha value is -2.57. The zero-order valence-electron chi connectivity index (χ0n) is 28.2. The number of aliphatic imine (C=N–C) groups is 1. The predicted molar refractivity (Wildman–Crippen MR) is 184 cm³/mol. The van der Waals surface area contributed by atoms with Crippen molar-refractivity contribution in [2.75, 3.05) is 13.7 Å². The Bertz CT molecular complexity index is 1390. The first-order chi connectivity index (χ1) is 21.1. The van der Waals surface area contributed by atoms with Gasteiger partial charge in [0.05, 0.1) is 35.4 Å². The molecule has 1 fully saturated rings. The third kappa shape index (κ3) is 8.43. The number of carbonyl (C=O) groups is 2. The molecule has 1 aliphatic carbocycles. The summed E-state index contributed by atoms with van der Waals surface area (Å²) < 4.78 is 11.0. The predicted octanol–water partition coefficient (Wildman–Crippen LogP) is 9.95. The Kier molecular flexibility index (Phi) is 11.3. The van der Waals surface area contributed by atoms with Gasteiger partial charge in [-0.15, -0.1) is 0 Å². The first-order valence-electron chi connectivity index (χ1n) is 16.4. The molecule has 8 heteroatoms. The number of methoxy groups -OCH3 is 1. The van der Waals surface area contributed by atoms with Crippen LogP contribution in [0.2, 0.25) is 10.0 Å². The van der Waals surface area contributed by atoms with Gasteiger partial charge in [-0.2, -0.15) is 0 Å². The highest BCUT2D eigenvalue weighted by Gasteiger charge is 2.53. The van der Waals surface area contributed by atoms with Crippen molar-refractivity contribution >= 4 is 40.8 Å². The van der Waals surface area contributed by atoms with Crippen LogP contribution >= 0.6 is 23.2 Å². The van der Waals surface area contributed by atoms with E-state index in [1.54, 1.807) is 24.3 Å². The number of benzene rings is 2. The van der Waals surface area contributed by atoms with Gasteiger partial charge in [0.25, 0.3) is 5.91 Å². The van der Waals surface area contributed by atoms with Crippen LogP contribution < -0.4 is 4.74 Å². The summed E-state index contributed by atoms with van der Waals surface area (Å²) >= 11 is 13.4. The summed E-state index contributed by atoms with van der Waals surface area (Å²) in [6.07, 6.45) is 6.22. The number of ether oxygens (including phenoxy) is 2. The first kappa shape index (κ1) is 35.3. The summed E-state index contributed by atoms with van der Waals surface area (Å²) in [6.45, 7) is 16.1. The van der Waals surface area contributed by atoms with Crippen LogP contribution in [0.1, 0.15) is 121 Å². The zero-order valence-corrected chi connectivity index (χ0v) is 29.7. The molecule has 2 unspecified atom stereocenters. The minimum atomic E-state index is -0.714. The summed E-state index contributed by atoms with van der Waals surface area (Å²) in [6, 6.07) is 10.7. The molecule has 0 aromatic heterocycles. The number of carbonyl (C=O) groups excluding carboxylic acids is 2. The minimum Gasteiger partial charge on any atom is -0.492 e. The van der Waals surface area contributed by atoms with Gasteiger partial charge in [0.15, 0.2) is 0 Å². The highest BCUT2D eigenvalue weighted by atomic mass is 35.5. The largest absolute Gasteiger partial charge is 0.492 e. The second-order valence-corrected chi connectivity index (χ2v) is 15.7. The van der Waals surface area contributed by atoms with Crippen LogP contribution in [0.5, 0.6) is 5.75 Å². The topological polar surface area (TPSA) is 68.2 Å². The Balaban J connectivity index is 1.80. The van der Waals surface area contributed by atoms with E-state index in [0.29, 0.717) is 57.0 Å². The minimum absolute atomic E-state index is 0.0538. The van der Waals surface area contributed by atoms with E-state index < -0.39 is 5.66 Å². The van der Waals surface area contributed by atoms with Crippen molar-refractivity contribution in [3.63, 3.8) is 0 Å². The van der Waals surface area contributed by atoms with Gasteiger partial charge in [0.2, 0.25) is 0 Å². The number of hydrogen-bond acceptors (Lipinski definition) is 5. The fraction of sp³-hybridized carbons (Fsp3) is 0.595. The summed E-state index contributed by atoms with van der Waals surface area (Å²) in [7, 11) is 1.38. The Morgan fingerprint density at radius 1 is 1.04 bits per heavy atom. The number of nitrogens with zero attached hydrogens (tertiary/aromatic N) is 2. The van der Waals surface area contributed by atoms with Crippen LogP contribution in [0.25, 0.3) is 0 Å². The van der Waals surface area contributed by atoms with Gasteiger partial charge in [0, 0.05) is 5.56 Å². The van der Waals surface area contributed by atoms with Gasteiger partial charge in [-0.25, -0.2) is 4.79 Å². The quantitative estimate of drug-likeness (QED) is 0.178. The molecule has 1 heterocycles. The average molecular weight is 658 g/mol. The molecule has 0 bridgehead atoms. The summed E-state index contributed by atoms with van der Waals surface area (Å²) in [5.41, 5.74) is 1.69. The second-order valence-electron chi connectivity index (χ2n) is 14.8. The van der Waals surface area contributed by atoms with E-state index in [1.165, 1.54) is 7.11 Å². The van der Waals surface area contributed by atoms with Gasteiger partial charge in [-0.1, -0.05) is 83.8 Å². The average Bonchev–Trinajstić information content (AvgIpc) is 3.20. The summed E-state index contributed by atoms with van der Waals surface area (Å²) in [5.74, 6) is 1.34. The molecule has 2 aromatic rings. The molecule has 45 heavy (non-hydrogen) atoms. The highest BCUT2D eigenvalue weighted by Crippen LogP contribution is 2.50. The maximum atomic E-state index is 14.8. The van der Waals surface area contributed by atoms with Gasteiger partial charge in [-0.3, -0.25) is 9.79 Å². The molecule has 3 atom stereocenters. The first-order valence-corrected chi connectivity index (χ1v) is 17.1. The molecule has 0 radical (unpaired) electrons. The number of rotatable bonds is 11. The van der Waals surface area contributed by atoms with Crippen LogP contribution in [0.3, 0.4) is 0 Å². The summed E-state index contributed by atoms with van der Waals surface area (Å²) in [4.78, 5) is 34.5. The van der Waals surface area contributed by atoms with Crippen molar-refractivity contribution in [2.24, 2.45) is 28.2 Å². The number of halogens is 2. The third-order valence-electron chi connectivity index (χ3n) is 9.00. The SMILES string of the molecule is COC(=O)c1ccc([C@@H](CCC(C)(C)C)N2C(=O)C(c3cc(OCCCC(C)C)c(Cl)cc3Cl)=NC23CC(C)CC(C)C3)cc1. The maximum absolute atomic E-state index is 14.8. The third-order valence-corrected chi connectivity index (χ3v) is 9.61. The smallest absolute Gasteiger partial charge is 0.337 e. The van der Waals surface area contributed by atoms with Crippen molar-refractivity contribution in [3.8, 4) is 5.75 Å². The van der Waals surface area contributed by atoms with Gasteiger partial charge >= 0.3 is 5.97 Å². The Morgan fingerprint density at radius 3 is 2.27 bits per heavy atom. The van der Waals surface area contributed by atoms with Gasteiger partial charge < -0.3 is 14.4 Å². The van der Waals surface area contributed by atoms with Crippen LogP contribution in [-0.2, 0) is 9.53 Å². The molecule has 0 N–H and O–H groups in total. The molecule has 1 amide bonds. The molecular formula is C37H50Cl2N2O4. The van der Waals surface area contributed by atoms with Gasteiger partial charge in [-0.05, 0) is 97.9 Å². The maximum Gasteiger partial charge on any atom is 0.337 e. The lowest BCUT2D eigenvalue weighted by molar-refractivity contribution is -0.134. The van der Waals surface area contributed by atoms with E-state index in [9.17, 15) is 9.59 Å². The molecule has 0 saturated heterocycles. The summed E-state index contributed by atoms with van der Waals surface area (Å²) in [5, 5.41) is 0.795. The highest BCUT2D eigenvalue weighted by molar-refractivity contribution is 6.50. The molecule has 246 valence electrons. The van der Waals surface area contributed by atoms with Crippen LogP contribution in [0.4, 0.5) is 0 Å². The standard InChI is InChI=1S/C37H50Cl2N2O4/c1-23(2)10-9-17-45-32-19-28(29(38)20-30(32)39)33-34(42)41(37(40-33)21-24(3)18-25(4)22-37)31(15-16-36(5,6)7)26-11-13-27(14-12-26)35(43)44-8/h11-14,19-20,23-25,31H,9-10,15-18,21-22H2,1-8H3/t24?,25?,31-,37?/m1/s1.